The van der Waals surface area contributed by atoms with Crippen LogP contribution in [0.3, 0.4) is 0 Å². The summed E-state index contributed by atoms with van der Waals surface area (Å²) in [5.74, 6) is -1.16. The number of nitrogens with one attached hydrogen (secondary N) is 1. The third kappa shape index (κ3) is 3.81. The van der Waals surface area contributed by atoms with E-state index < -0.39 is 12.0 Å². The Balaban J connectivity index is 2.81. The lowest BCUT2D eigenvalue weighted by atomic mass is 10.0. The van der Waals surface area contributed by atoms with E-state index >= 15 is 0 Å². The molecule has 1 atom stereocenters. The van der Waals surface area contributed by atoms with Crippen molar-refractivity contribution in [2.24, 2.45) is 0 Å². The Morgan fingerprint density at radius 2 is 1.93 bits per heavy atom. The summed E-state index contributed by atoms with van der Waals surface area (Å²) in [5.41, 5.74) is 0.801. The summed E-state index contributed by atoms with van der Waals surface area (Å²) in [6, 6.07) is 8.60. The zero-order valence-electron chi connectivity index (χ0n) is 8.43. The fraction of sp³-hybridized carbons (Fsp3) is 0.273. The molecule has 1 aromatic carbocycles. The third-order valence-corrected chi connectivity index (χ3v) is 1.96. The quantitative estimate of drug-likeness (QED) is 0.782. The van der Waals surface area contributed by atoms with Crippen molar-refractivity contribution in [2.45, 2.75) is 19.4 Å². The highest BCUT2D eigenvalue weighted by atomic mass is 16.4. The van der Waals surface area contributed by atoms with Crippen LogP contribution in [-0.2, 0) is 9.59 Å². The molecule has 0 spiro atoms. The van der Waals surface area contributed by atoms with E-state index in [1.807, 2.05) is 18.2 Å². The van der Waals surface area contributed by atoms with Crippen LogP contribution in [-0.4, -0.2) is 17.0 Å². The molecule has 0 saturated heterocycles. The predicted molar refractivity (Wildman–Crippen MR) is 55.3 cm³/mol. The van der Waals surface area contributed by atoms with Gasteiger partial charge in [-0.25, -0.2) is 0 Å². The van der Waals surface area contributed by atoms with Gasteiger partial charge in [0.15, 0.2) is 0 Å². The summed E-state index contributed by atoms with van der Waals surface area (Å²) in [5, 5.41) is 11.3. The third-order valence-electron chi connectivity index (χ3n) is 1.96. The molecule has 1 unspecified atom stereocenters. The summed E-state index contributed by atoms with van der Waals surface area (Å²) >= 11 is 0. The lowest BCUT2D eigenvalue weighted by molar-refractivity contribution is -0.137. The standard InChI is InChI=1S/C11H13NO3/c1-8(13)12-10(7-11(14)15)9-5-3-2-4-6-9/h2-6,10H,7H2,1H3,(H,12,13)(H,14,15). The number of carboxylic acid groups (broad SMARTS) is 1. The van der Waals surface area contributed by atoms with Crippen LogP contribution in [0.2, 0.25) is 0 Å². The van der Waals surface area contributed by atoms with Crippen molar-refractivity contribution in [3.8, 4) is 0 Å². The fourth-order valence-corrected chi connectivity index (χ4v) is 1.36. The van der Waals surface area contributed by atoms with E-state index in [4.69, 9.17) is 5.11 Å². The number of aliphatic carboxylic acids is 1. The molecule has 4 heteroatoms. The maximum absolute atomic E-state index is 10.9. The summed E-state index contributed by atoms with van der Waals surface area (Å²) in [7, 11) is 0. The first-order chi connectivity index (χ1) is 7.09. The largest absolute Gasteiger partial charge is 0.481 e. The smallest absolute Gasteiger partial charge is 0.305 e. The normalized spacial score (nSPS) is 11.8. The second kappa shape index (κ2) is 5.14. The molecule has 0 aliphatic heterocycles. The van der Waals surface area contributed by atoms with Crippen LogP contribution in [0.5, 0.6) is 0 Å². The van der Waals surface area contributed by atoms with Gasteiger partial charge >= 0.3 is 5.97 Å². The molecule has 80 valence electrons. The van der Waals surface area contributed by atoms with Crippen molar-refractivity contribution in [1.29, 1.82) is 0 Å². The Bertz CT molecular complexity index is 332. The van der Waals surface area contributed by atoms with E-state index in [9.17, 15) is 9.59 Å². The minimum absolute atomic E-state index is 0.108. The molecule has 15 heavy (non-hydrogen) atoms. The predicted octanol–water partition coefficient (Wildman–Crippen LogP) is 1.34. The maximum Gasteiger partial charge on any atom is 0.305 e. The lowest BCUT2D eigenvalue weighted by Crippen LogP contribution is -2.27. The molecule has 0 radical (unpaired) electrons. The first-order valence-corrected chi connectivity index (χ1v) is 4.63. The Morgan fingerprint density at radius 1 is 1.33 bits per heavy atom. The Labute approximate surface area is 87.9 Å². The molecule has 0 heterocycles. The molecule has 2 N–H and O–H groups in total. The Hall–Kier alpha value is -1.84. The van der Waals surface area contributed by atoms with Gasteiger partial charge in [0, 0.05) is 6.92 Å². The summed E-state index contributed by atoms with van der Waals surface area (Å²) in [4.78, 5) is 21.5. The van der Waals surface area contributed by atoms with Crippen molar-refractivity contribution < 1.29 is 14.7 Å². The molecule has 0 aliphatic carbocycles. The minimum Gasteiger partial charge on any atom is -0.481 e. The Morgan fingerprint density at radius 3 is 2.40 bits per heavy atom. The van der Waals surface area contributed by atoms with Gasteiger partial charge in [-0.05, 0) is 5.56 Å². The average Bonchev–Trinajstić information content (AvgIpc) is 2.17. The van der Waals surface area contributed by atoms with Gasteiger partial charge < -0.3 is 10.4 Å². The van der Waals surface area contributed by atoms with E-state index in [1.165, 1.54) is 6.92 Å². The van der Waals surface area contributed by atoms with E-state index in [2.05, 4.69) is 5.32 Å². The van der Waals surface area contributed by atoms with E-state index in [0.717, 1.165) is 5.56 Å². The number of amides is 1. The maximum atomic E-state index is 10.9. The van der Waals surface area contributed by atoms with Gasteiger partial charge in [-0.15, -0.1) is 0 Å². The van der Waals surface area contributed by atoms with Crippen LogP contribution >= 0.6 is 0 Å². The monoisotopic (exact) mass is 207 g/mol. The highest BCUT2D eigenvalue weighted by molar-refractivity contribution is 5.75. The number of carboxylic acids is 1. The first kappa shape index (κ1) is 11.2. The second-order valence-corrected chi connectivity index (χ2v) is 3.26. The van der Waals surface area contributed by atoms with Crippen molar-refractivity contribution in [3.63, 3.8) is 0 Å². The molecular formula is C11H13NO3. The number of rotatable bonds is 4. The van der Waals surface area contributed by atoms with Crippen molar-refractivity contribution in [2.75, 3.05) is 0 Å². The second-order valence-electron chi connectivity index (χ2n) is 3.26. The number of hydrogen-bond donors (Lipinski definition) is 2. The van der Waals surface area contributed by atoms with Crippen molar-refractivity contribution in [3.05, 3.63) is 35.9 Å². The van der Waals surface area contributed by atoms with Crippen LogP contribution in [0, 0.1) is 0 Å². The highest BCUT2D eigenvalue weighted by Gasteiger charge is 2.15. The van der Waals surface area contributed by atoms with Crippen LogP contribution in [0.15, 0.2) is 30.3 Å². The van der Waals surface area contributed by atoms with E-state index in [0.29, 0.717) is 0 Å². The van der Waals surface area contributed by atoms with Gasteiger partial charge in [0.25, 0.3) is 0 Å². The number of hydrogen-bond acceptors (Lipinski definition) is 2. The summed E-state index contributed by atoms with van der Waals surface area (Å²) in [6.45, 7) is 1.37. The molecule has 0 aliphatic rings. The van der Waals surface area contributed by atoms with Crippen LogP contribution in [0.1, 0.15) is 24.9 Å². The molecule has 0 bridgehead atoms. The average molecular weight is 207 g/mol. The SMILES string of the molecule is CC(=O)NC(CC(=O)O)c1ccccc1. The van der Waals surface area contributed by atoms with Crippen LogP contribution < -0.4 is 5.32 Å². The van der Waals surface area contributed by atoms with Crippen LogP contribution in [0.4, 0.5) is 0 Å². The zero-order chi connectivity index (χ0) is 11.3. The molecule has 1 amide bonds. The molecular weight excluding hydrogens is 194 g/mol. The van der Waals surface area contributed by atoms with Crippen molar-refractivity contribution in [1.82, 2.24) is 5.32 Å². The number of carbonyl (C=O) groups is 2. The van der Waals surface area contributed by atoms with Gasteiger partial charge in [-0.2, -0.15) is 0 Å². The highest BCUT2D eigenvalue weighted by Crippen LogP contribution is 2.16. The first-order valence-electron chi connectivity index (χ1n) is 4.63. The molecule has 0 saturated carbocycles. The number of carbonyl (C=O) groups excluding carboxylic acids is 1. The summed E-state index contributed by atoms with van der Waals surface area (Å²) < 4.78 is 0. The van der Waals surface area contributed by atoms with E-state index in [-0.39, 0.29) is 12.3 Å². The lowest BCUT2D eigenvalue weighted by Gasteiger charge is -2.15. The van der Waals surface area contributed by atoms with Crippen molar-refractivity contribution >= 4 is 11.9 Å². The van der Waals surface area contributed by atoms with Gasteiger partial charge in [0.2, 0.25) is 5.91 Å². The van der Waals surface area contributed by atoms with Gasteiger partial charge in [0.05, 0.1) is 12.5 Å². The minimum atomic E-state index is -0.933. The molecule has 1 aromatic rings. The Kier molecular flexibility index (Phi) is 3.85. The topological polar surface area (TPSA) is 66.4 Å². The van der Waals surface area contributed by atoms with Gasteiger partial charge in [-0.1, -0.05) is 30.3 Å². The van der Waals surface area contributed by atoms with E-state index in [1.54, 1.807) is 12.1 Å². The van der Waals surface area contributed by atoms with Gasteiger partial charge in [0.1, 0.15) is 0 Å². The zero-order valence-corrected chi connectivity index (χ0v) is 8.43. The molecule has 0 aromatic heterocycles. The van der Waals surface area contributed by atoms with Crippen LogP contribution in [0.25, 0.3) is 0 Å². The van der Waals surface area contributed by atoms with Gasteiger partial charge in [-0.3, -0.25) is 9.59 Å². The molecule has 4 nitrogen and oxygen atoms in total. The molecule has 1 rings (SSSR count). The summed E-state index contributed by atoms with van der Waals surface area (Å²) in [6.07, 6.45) is -0.108. The molecule has 0 fully saturated rings. The fourth-order valence-electron chi connectivity index (χ4n) is 1.36. The number of benzene rings is 1.